The summed E-state index contributed by atoms with van der Waals surface area (Å²) in [6, 6.07) is 3.15. The Morgan fingerprint density at radius 3 is 2.55 bits per heavy atom. The first-order valence-corrected chi connectivity index (χ1v) is 7.13. The molecular formula is C14H21N3O3. The molecular weight excluding hydrogens is 258 g/mol. The van der Waals surface area contributed by atoms with E-state index in [9.17, 15) is 4.79 Å². The number of piperidine rings is 1. The molecule has 0 radical (unpaired) electrons. The van der Waals surface area contributed by atoms with Crippen LogP contribution in [0.4, 0.5) is 5.69 Å². The van der Waals surface area contributed by atoms with Crippen LogP contribution in [0.15, 0.2) is 23.1 Å². The van der Waals surface area contributed by atoms with Gasteiger partial charge < -0.3 is 24.7 Å². The van der Waals surface area contributed by atoms with Crippen LogP contribution in [0.1, 0.15) is 12.8 Å². The van der Waals surface area contributed by atoms with Gasteiger partial charge in [-0.05, 0) is 6.07 Å². The fraction of sp³-hybridized carbons (Fsp3) is 0.643. The molecule has 0 bridgehead atoms. The van der Waals surface area contributed by atoms with Crippen molar-refractivity contribution in [2.24, 2.45) is 0 Å². The minimum absolute atomic E-state index is 0.00450. The van der Waals surface area contributed by atoms with E-state index in [1.165, 1.54) is 6.07 Å². The Kier molecular flexibility index (Phi) is 3.78. The SMILES string of the molecule is Nc1ccc(=O)n(CCN2CCC3(CC2)OCCO3)c1. The first kappa shape index (κ1) is 13.6. The predicted octanol–water partition coefficient (Wildman–Crippen LogP) is 0.269. The normalized spacial score (nSPS) is 22.4. The van der Waals surface area contributed by atoms with Gasteiger partial charge in [-0.3, -0.25) is 4.79 Å². The molecule has 6 nitrogen and oxygen atoms in total. The second-order valence-electron chi connectivity index (χ2n) is 5.44. The predicted molar refractivity (Wildman–Crippen MR) is 75.4 cm³/mol. The second-order valence-corrected chi connectivity index (χ2v) is 5.44. The average molecular weight is 279 g/mol. The number of nitrogens with zero attached hydrogens (tertiary/aromatic N) is 2. The van der Waals surface area contributed by atoms with Crippen LogP contribution in [-0.4, -0.2) is 48.1 Å². The Morgan fingerprint density at radius 1 is 1.15 bits per heavy atom. The Morgan fingerprint density at radius 2 is 1.85 bits per heavy atom. The number of nitrogen functional groups attached to an aromatic ring is 1. The molecule has 2 saturated heterocycles. The fourth-order valence-electron chi connectivity index (χ4n) is 2.88. The molecule has 0 aliphatic carbocycles. The third-order valence-electron chi connectivity index (χ3n) is 4.09. The number of pyridine rings is 1. The van der Waals surface area contributed by atoms with Crippen LogP contribution in [0.3, 0.4) is 0 Å². The summed E-state index contributed by atoms with van der Waals surface area (Å²) in [5, 5.41) is 0. The van der Waals surface area contributed by atoms with Crippen molar-refractivity contribution in [3.63, 3.8) is 0 Å². The van der Waals surface area contributed by atoms with Crippen molar-refractivity contribution < 1.29 is 9.47 Å². The largest absolute Gasteiger partial charge is 0.398 e. The molecule has 2 fully saturated rings. The smallest absolute Gasteiger partial charge is 0.250 e. The molecule has 3 rings (SSSR count). The molecule has 1 aromatic heterocycles. The van der Waals surface area contributed by atoms with Gasteiger partial charge in [0, 0.05) is 57.0 Å². The molecule has 0 unspecified atom stereocenters. The van der Waals surface area contributed by atoms with Crippen molar-refractivity contribution in [2.75, 3.05) is 38.6 Å². The highest BCUT2D eigenvalue weighted by Crippen LogP contribution is 2.30. The Hall–Kier alpha value is -1.37. The average Bonchev–Trinajstić information content (AvgIpc) is 2.90. The van der Waals surface area contributed by atoms with Crippen molar-refractivity contribution >= 4 is 5.69 Å². The van der Waals surface area contributed by atoms with Crippen molar-refractivity contribution in [2.45, 2.75) is 25.2 Å². The van der Waals surface area contributed by atoms with Gasteiger partial charge in [-0.15, -0.1) is 0 Å². The summed E-state index contributed by atoms with van der Waals surface area (Å²) in [6.45, 7) is 4.81. The quantitative estimate of drug-likeness (QED) is 0.860. The van der Waals surface area contributed by atoms with E-state index in [0.717, 1.165) is 32.5 Å². The van der Waals surface area contributed by atoms with Gasteiger partial charge >= 0.3 is 0 Å². The van der Waals surface area contributed by atoms with Crippen molar-refractivity contribution in [3.05, 3.63) is 28.7 Å². The van der Waals surface area contributed by atoms with Crippen molar-refractivity contribution in [1.29, 1.82) is 0 Å². The molecule has 2 N–H and O–H groups in total. The van der Waals surface area contributed by atoms with E-state index >= 15 is 0 Å². The van der Waals surface area contributed by atoms with E-state index in [-0.39, 0.29) is 11.3 Å². The molecule has 20 heavy (non-hydrogen) atoms. The maximum absolute atomic E-state index is 11.7. The number of anilines is 1. The summed E-state index contributed by atoms with van der Waals surface area (Å²) >= 11 is 0. The Balaban J connectivity index is 1.52. The summed E-state index contributed by atoms with van der Waals surface area (Å²) in [4.78, 5) is 14.0. The first-order chi connectivity index (χ1) is 9.67. The lowest BCUT2D eigenvalue weighted by atomic mass is 10.0. The van der Waals surface area contributed by atoms with Crippen LogP contribution >= 0.6 is 0 Å². The molecule has 2 aliphatic rings. The van der Waals surface area contributed by atoms with Gasteiger partial charge in [0.25, 0.3) is 5.56 Å². The number of ether oxygens (including phenoxy) is 2. The van der Waals surface area contributed by atoms with E-state index in [0.29, 0.717) is 25.4 Å². The van der Waals surface area contributed by atoms with E-state index in [4.69, 9.17) is 15.2 Å². The van der Waals surface area contributed by atoms with E-state index < -0.39 is 0 Å². The first-order valence-electron chi connectivity index (χ1n) is 7.13. The highest BCUT2D eigenvalue weighted by Gasteiger charge is 2.39. The highest BCUT2D eigenvalue weighted by molar-refractivity contribution is 5.33. The minimum Gasteiger partial charge on any atom is -0.398 e. The maximum Gasteiger partial charge on any atom is 0.250 e. The van der Waals surface area contributed by atoms with Crippen LogP contribution < -0.4 is 11.3 Å². The summed E-state index contributed by atoms with van der Waals surface area (Å²) in [6.07, 6.45) is 3.51. The lowest BCUT2D eigenvalue weighted by Crippen LogP contribution is -2.46. The molecule has 3 heterocycles. The molecule has 0 saturated carbocycles. The summed E-state index contributed by atoms with van der Waals surface area (Å²) < 4.78 is 13.1. The standard InChI is InChI=1S/C14H21N3O3/c15-12-1-2-13(18)17(11-12)8-7-16-5-3-14(4-6-16)19-9-10-20-14/h1-2,11H,3-10,15H2. The zero-order valence-electron chi connectivity index (χ0n) is 11.6. The number of likely N-dealkylation sites (tertiary alicyclic amines) is 1. The van der Waals surface area contributed by atoms with Gasteiger partial charge in [-0.1, -0.05) is 0 Å². The summed E-state index contributed by atoms with van der Waals surface area (Å²) in [5.74, 6) is -0.329. The molecule has 110 valence electrons. The minimum atomic E-state index is -0.329. The molecule has 1 spiro atoms. The fourth-order valence-corrected chi connectivity index (χ4v) is 2.88. The molecule has 6 heteroatoms. The Bertz CT molecular complexity index is 513. The number of hydrogen-bond acceptors (Lipinski definition) is 5. The van der Waals surface area contributed by atoms with Crippen LogP contribution in [-0.2, 0) is 16.0 Å². The monoisotopic (exact) mass is 279 g/mol. The van der Waals surface area contributed by atoms with E-state index in [1.807, 2.05) is 0 Å². The molecule has 1 aromatic rings. The third kappa shape index (κ3) is 2.87. The highest BCUT2D eigenvalue weighted by atomic mass is 16.7. The van der Waals surface area contributed by atoms with Gasteiger partial charge in [-0.25, -0.2) is 0 Å². The van der Waals surface area contributed by atoms with Crippen LogP contribution in [0.5, 0.6) is 0 Å². The molecule has 0 amide bonds. The van der Waals surface area contributed by atoms with E-state index in [2.05, 4.69) is 4.90 Å². The van der Waals surface area contributed by atoms with Gasteiger partial charge in [-0.2, -0.15) is 0 Å². The summed E-state index contributed by atoms with van der Waals surface area (Å²) in [5.41, 5.74) is 6.32. The lowest BCUT2D eigenvalue weighted by molar-refractivity contribution is -0.185. The van der Waals surface area contributed by atoms with Gasteiger partial charge in [0.2, 0.25) is 0 Å². The number of nitrogens with two attached hydrogens (primary N) is 1. The molecule has 0 aromatic carbocycles. The van der Waals surface area contributed by atoms with Crippen molar-refractivity contribution in [3.8, 4) is 0 Å². The van der Waals surface area contributed by atoms with Crippen LogP contribution in [0.25, 0.3) is 0 Å². The zero-order valence-corrected chi connectivity index (χ0v) is 11.6. The Labute approximate surface area is 118 Å². The van der Waals surface area contributed by atoms with Crippen LogP contribution in [0, 0.1) is 0 Å². The van der Waals surface area contributed by atoms with Gasteiger partial charge in [0.15, 0.2) is 5.79 Å². The van der Waals surface area contributed by atoms with Gasteiger partial charge in [0.1, 0.15) is 0 Å². The topological polar surface area (TPSA) is 69.7 Å². The second kappa shape index (κ2) is 5.55. The number of rotatable bonds is 3. The number of aromatic nitrogens is 1. The zero-order chi connectivity index (χ0) is 14.0. The van der Waals surface area contributed by atoms with Crippen molar-refractivity contribution in [1.82, 2.24) is 9.47 Å². The van der Waals surface area contributed by atoms with Crippen LogP contribution in [0.2, 0.25) is 0 Å². The number of hydrogen-bond donors (Lipinski definition) is 1. The third-order valence-corrected chi connectivity index (χ3v) is 4.09. The maximum atomic E-state index is 11.7. The lowest BCUT2D eigenvalue weighted by Gasteiger charge is -2.37. The van der Waals surface area contributed by atoms with E-state index in [1.54, 1.807) is 16.8 Å². The van der Waals surface area contributed by atoms with Gasteiger partial charge in [0.05, 0.1) is 13.2 Å². The molecule has 2 aliphatic heterocycles. The summed E-state index contributed by atoms with van der Waals surface area (Å²) in [7, 11) is 0. The molecule has 0 atom stereocenters.